The number of nitrogens with zero attached hydrogens (tertiary/aromatic N) is 2. The molecule has 1 fully saturated rings. The molecule has 0 atom stereocenters. The first-order valence-electron chi connectivity index (χ1n) is 11.4. The molecule has 1 aliphatic rings. The number of aliphatic hydroxyl groups excluding tert-OH is 1. The number of hydrogen-bond donors (Lipinski definition) is 5. The lowest BCUT2D eigenvalue weighted by Crippen LogP contribution is -2.42. The van der Waals surface area contributed by atoms with Crippen molar-refractivity contribution < 1.29 is 23.8 Å². The Morgan fingerprint density at radius 3 is 2.39 bits per heavy atom. The molecule has 196 valence electrons. The SMILES string of the molecule is CC(C)O.COCCOc1cc(N)c(C(=N)/C(N)=C/N(N)c2ccc(C(=O)N3CCC3)cc2)cc1F. The number of halogens is 1. The highest BCUT2D eigenvalue weighted by Gasteiger charge is 2.21. The van der Waals surface area contributed by atoms with Crippen LogP contribution in [0.3, 0.4) is 0 Å². The van der Waals surface area contributed by atoms with Gasteiger partial charge in [0.15, 0.2) is 11.6 Å². The summed E-state index contributed by atoms with van der Waals surface area (Å²) in [5, 5.41) is 17.6. The molecule has 1 saturated heterocycles. The molecule has 8 N–H and O–H groups in total. The molecule has 1 amide bonds. The van der Waals surface area contributed by atoms with Gasteiger partial charge in [-0.1, -0.05) is 0 Å². The van der Waals surface area contributed by atoms with Crippen molar-refractivity contribution in [1.82, 2.24) is 4.90 Å². The number of allylic oxidation sites excluding steroid dienone is 1. The highest BCUT2D eigenvalue weighted by molar-refractivity contribution is 6.13. The molecule has 1 aliphatic heterocycles. The molecular weight excluding hydrogens is 467 g/mol. The van der Waals surface area contributed by atoms with Crippen LogP contribution in [-0.2, 0) is 4.74 Å². The second-order valence-corrected chi connectivity index (χ2v) is 8.36. The topological polar surface area (TPSA) is 164 Å². The lowest BCUT2D eigenvalue weighted by atomic mass is 10.0. The molecule has 0 saturated carbocycles. The van der Waals surface area contributed by atoms with E-state index in [-0.39, 0.29) is 47.0 Å². The van der Waals surface area contributed by atoms with Crippen molar-refractivity contribution >= 4 is 23.0 Å². The van der Waals surface area contributed by atoms with Gasteiger partial charge in [-0.15, -0.1) is 0 Å². The van der Waals surface area contributed by atoms with E-state index in [4.69, 9.17) is 37.3 Å². The van der Waals surface area contributed by atoms with Gasteiger partial charge in [0.05, 0.1) is 23.7 Å². The fraction of sp³-hybridized carbons (Fsp3) is 0.360. The van der Waals surface area contributed by atoms with Crippen molar-refractivity contribution in [2.75, 3.05) is 44.2 Å². The van der Waals surface area contributed by atoms with E-state index in [1.165, 1.54) is 24.4 Å². The van der Waals surface area contributed by atoms with Gasteiger partial charge in [-0.05, 0) is 50.6 Å². The number of nitrogens with two attached hydrogens (primary N) is 3. The minimum absolute atomic E-state index is 0.0182. The Morgan fingerprint density at radius 2 is 1.86 bits per heavy atom. The van der Waals surface area contributed by atoms with E-state index < -0.39 is 5.82 Å². The lowest BCUT2D eigenvalue weighted by molar-refractivity contribution is 0.0652. The molecule has 2 aromatic carbocycles. The van der Waals surface area contributed by atoms with Crippen LogP contribution in [0.5, 0.6) is 5.75 Å². The zero-order chi connectivity index (χ0) is 26.8. The van der Waals surface area contributed by atoms with E-state index in [1.54, 1.807) is 43.0 Å². The molecule has 0 aliphatic carbocycles. The Kier molecular flexibility index (Phi) is 10.7. The fourth-order valence-electron chi connectivity index (χ4n) is 3.05. The van der Waals surface area contributed by atoms with Crippen molar-refractivity contribution in [3.05, 3.63) is 65.2 Å². The highest BCUT2D eigenvalue weighted by Crippen LogP contribution is 2.26. The van der Waals surface area contributed by atoms with Crippen molar-refractivity contribution in [3.63, 3.8) is 0 Å². The molecule has 0 aromatic heterocycles. The Hall–Kier alpha value is -3.67. The van der Waals surface area contributed by atoms with E-state index in [2.05, 4.69) is 0 Å². The normalized spacial score (nSPS) is 13.0. The lowest BCUT2D eigenvalue weighted by Gasteiger charge is -2.31. The summed E-state index contributed by atoms with van der Waals surface area (Å²) in [6.07, 6.45) is 2.18. The number of anilines is 2. The molecule has 1 heterocycles. The number of rotatable bonds is 9. The van der Waals surface area contributed by atoms with Crippen LogP contribution in [0.25, 0.3) is 0 Å². The van der Waals surface area contributed by atoms with Crippen LogP contribution < -0.4 is 27.1 Å². The van der Waals surface area contributed by atoms with Gasteiger partial charge >= 0.3 is 0 Å². The molecule has 0 bridgehead atoms. The zero-order valence-corrected chi connectivity index (χ0v) is 20.8. The molecular formula is C25H35FN6O4. The van der Waals surface area contributed by atoms with Gasteiger partial charge in [0.2, 0.25) is 0 Å². The third kappa shape index (κ3) is 7.94. The summed E-state index contributed by atoms with van der Waals surface area (Å²) in [7, 11) is 1.51. The molecule has 10 nitrogen and oxygen atoms in total. The Bertz CT molecular complexity index is 1070. The van der Waals surface area contributed by atoms with E-state index in [9.17, 15) is 9.18 Å². The first-order valence-corrected chi connectivity index (χ1v) is 11.4. The van der Waals surface area contributed by atoms with Gasteiger partial charge in [-0.2, -0.15) is 0 Å². The number of likely N-dealkylation sites (tertiary alicyclic amines) is 1. The number of carbonyl (C=O) groups is 1. The summed E-state index contributed by atoms with van der Waals surface area (Å²) in [5.41, 5.74) is 13.2. The van der Waals surface area contributed by atoms with Crippen LogP contribution in [0.15, 0.2) is 48.3 Å². The Morgan fingerprint density at radius 1 is 1.25 bits per heavy atom. The molecule has 2 aromatic rings. The highest BCUT2D eigenvalue weighted by atomic mass is 19.1. The van der Waals surface area contributed by atoms with Crippen LogP contribution in [0.2, 0.25) is 0 Å². The molecule has 0 spiro atoms. The van der Waals surface area contributed by atoms with Crippen LogP contribution in [0.4, 0.5) is 15.8 Å². The van der Waals surface area contributed by atoms with Gasteiger partial charge in [0.25, 0.3) is 5.91 Å². The number of aliphatic hydroxyl groups is 1. The van der Waals surface area contributed by atoms with E-state index in [0.717, 1.165) is 25.6 Å². The minimum Gasteiger partial charge on any atom is -0.488 e. The third-order valence-corrected chi connectivity index (χ3v) is 5.04. The maximum Gasteiger partial charge on any atom is 0.253 e. The molecule has 0 unspecified atom stereocenters. The molecule has 11 heteroatoms. The molecule has 36 heavy (non-hydrogen) atoms. The van der Waals surface area contributed by atoms with Crippen molar-refractivity contribution in [1.29, 1.82) is 5.41 Å². The van der Waals surface area contributed by atoms with Crippen molar-refractivity contribution in [3.8, 4) is 5.75 Å². The average Bonchev–Trinajstić information content (AvgIpc) is 2.79. The minimum atomic E-state index is -0.671. The number of amides is 1. The second-order valence-electron chi connectivity index (χ2n) is 8.36. The van der Waals surface area contributed by atoms with Crippen LogP contribution in [0, 0.1) is 11.2 Å². The maximum atomic E-state index is 14.4. The van der Waals surface area contributed by atoms with Crippen molar-refractivity contribution in [2.45, 2.75) is 26.4 Å². The smallest absolute Gasteiger partial charge is 0.253 e. The Balaban J connectivity index is 0.00000106. The number of ether oxygens (including phenoxy) is 2. The number of hydrazine groups is 1. The first-order chi connectivity index (χ1) is 17.0. The summed E-state index contributed by atoms with van der Waals surface area (Å²) in [5.74, 6) is 5.32. The van der Waals surface area contributed by atoms with Gasteiger partial charge in [0, 0.05) is 55.4 Å². The zero-order valence-electron chi connectivity index (χ0n) is 20.8. The van der Waals surface area contributed by atoms with E-state index in [0.29, 0.717) is 17.9 Å². The summed E-state index contributed by atoms with van der Waals surface area (Å²) in [6, 6.07) is 9.12. The monoisotopic (exact) mass is 502 g/mol. The fourth-order valence-corrected chi connectivity index (χ4v) is 3.05. The van der Waals surface area contributed by atoms with Gasteiger partial charge in [-0.3, -0.25) is 15.2 Å². The van der Waals surface area contributed by atoms with Crippen LogP contribution >= 0.6 is 0 Å². The molecule has 0 radical (unpaired) electrons. The number of benzene rings is 2. The summed E-state index contributed by atoms with van der Waals surface area (Å²) < 4.78 is 24.5. The number of nitrogens with one attached hydrogen (secondary N) is 1. The standard InChI is InChI=1S/C22H27FN6O3.C3H8O/c1-31-9-10-32-20-12-18(24)16(11-17(20)23)21(26)19(25)13-29(27)15-5-3-14(4-6-15)22(30)28-7-2-8-28;1-3(2)4/h3-6,11-13,26H,2,7-10,24-25,27H2,1H3;3-4H,1-2H3/b19-13-,26-21?;. The predicted molar refractivity (Wildman–Crippen MR) is 138 cm³/mol. The first kappa shape index (κ1) is 28.6. The van der Waals surface area contributed by atoms with Crippen LogP contribution in [-0.4, -0.2) is 61.1 Å². The van der Waals surface area contributed by atoms with E-state index >= 15 is 0 Å². The maximum absolute atomic E-state index is 14.4. The second kappa shape index (κ2) is 13.4. The largest absolute Gasteiger partial charge is 0.488 e. The summed E-state index contributed by atoms with van der Waals surface area (Å²) in [6.45, 7) is 5.45. The third-order valence-electron chi connectivity index (χ3n) is 5.04. The van der Waals surface area contributed by atoms with E-state index in [1.807, 2.05) is 0 Å². The average molecular weight is 503 g/mol. The van der Waals surface area contributed by atoms with Crippen LogP contribution in [0.1, 0.15) is 36.2 Å². The van der Waals surface area contributed by atoms with Gasteiger partial charge < -0.3 is 30.9 Å². The van der Waals surface area contributed by atoms with Gasteiger partial charge in [0.1, 0.15) is 6.61 Å². The predicted octanol–water partition coefficient (Wildman–Crippen LogP) is 2.21. The summed E-state index contributed by atoms with van der Waals surface area (Å²) >= 11 is 0. The summed E-state index contributed by atoms with van der Waals surface area (Å²) in [4.78, 5) is 14.0. The molecule has 3 rings (SSSR count). The van der Waals surface area contributed by atoms with Crippen molar-refractivity contribution in [2.24, 2.45) is 11.6 Å². The number of nitrogen functional groups attached to an aromatic ring is 1. The quantitative estimate of drug-likeness (QED) is 0.114. The number of methoxy groups -OCH3 is 1. The van der Waals surface area contributed by atoms with Gasteiger partial charge in [-0.25, -0.2) is 10.2 Å². The Labute approximate surface area is 210 Å². The number of hydrogen-bond acceptors (Lipinski definition) is 9. The number of carbonyl (C=O) groups excluding carboxylic acids is 1.